The largest absolute Gasteiger partial charge is 0.362 e. The van der Waals surface area contributed by atoms with E-state index in [1.165, 1.54) is 4.88 Å². The van der Waals surface area contributed by atoms with Gasteiger partial charge in [0.1, 0.15) is 17.0 Å². The lowest BCUT2D eigenvalue weighted by atomic mass is 10.0. The molecule has 0 saturated heterocycles. The molecule has 2 heterocycles. The summed E-state index contributed by atoms with van der Waals surface area (Å²) < 4.78 is 0. The van der Waals surface area contributed by atoms with Gasteiger partial charge in [0.05, 0.1) is 10.9 Å². The van der Waals surface area contributed by atoms with Crippen molar-refractivity contribution in [3.63, 3.8) is 0 Å². The summed E-state index contributed by atoms with van der Waals surface area (Å²) in [4.78, 5) is 10.8. The van der Waals surface area contributed by atoms with Gasteiger partial charge in [-0.15, -0.1) is 34.5 Å². The standard InChI is InChI=1S/C12H15Cl2N3S/c1-3-12(5-13,6-14)17-10-9-4-8(2)18-11(9)16-7-15-10/h4,7H,3,5-6H2,1-2H3,(H,15,16,17). The molecule has 0 aliphatic carbocycles. The summed E-state index contributed by atoms with van der Waals surface area (Å²) in [5.74, 6) is 1.70. The molecule has 2 aromatic rings. The zero-order chi connectivity index (χ0) is 13.2. The molecule has 0 bridgehead atoms. The number of halogens is 2. The number of aryl methyl sites for hydroxylation is 1. The molecule has 0 radical (unpaired) electrons. The molecule has 0 amide bonds. The quantitative estimate of drug-likeness (QED) is 0.847. The van der Waals surface area contributed by atoms with E-state index in [1.807, 2.05) is 0 Å². The molecule has 6 heteroatoms. The van der Waals surface area contributed by atoms with E-state index in [2.05, 4.69) is 35.2 Å². The van der Waals surface area contributed by atoms with E-state index >= 15 is 0 Å². The number of aromatic nitrogens is 2. The van der Waals surface area contributed by atoms with Gasteiger partial charge < -0.3 is 5.32 Å². The molecule has 0 aliphatic rings. The van der Waals surface area contributed by atoms with Crippen LogP contribution in [0.25, 0.3) is 10.2 Å². The highest BCUT2D eigenvalue weighted by molar-refractivity contribution is 7.18. The fourth-order valence-electron chi connectivity index (χ4n) is 1.71. The lowest BCUT2D eigenvalue weighted by Crippen LogP contribution is -2.42. The van der Waals surface area contributed by atoms with Crippen molar-refractivity contribution in [2.45, 2.75) is 25.8 Å². The second-order valence-corrected chi connectivity index (χ2v) is 6.09. The van der Waals surface area contributed by atoms with Gasteiger partial charge in [-0.05, 0) is 19.4 Å². The van der Waals surface area contributed by atoms with Crippen molar-refractivity contribution in [3.8, 4) is 0 Å². The number of thiophene rings is 1. The molecule has 0 aliphatic heterocycles. The SMILES string of the molecule is CCC(CCl)(CCl)Nc1ncnc2sc(C)cc12. The Hall–Kier alpha value is -0.580. The minimum atomic E-state index is -0.319. The number of hydrogen-bond donors (Lipinski definition) is 1. The minimum absolute atomic E-state index is 0.319. The van der Waals surface area contributed by atoms with E-state index in [1.54, 1.807) is 17.7 Å². The Labute approximate surface area is 121 Å². The van der Waals surface area contributed by atoms with Crippen LogP contribution in [0.5, 0.6) is 0 Å². The second kappa shape index (κ2) is 5.59. The minimum Gasteiger partial charge on any atom is -0.362 e. The van der Waals surface area contributed by atoms with Gasteiger partial charge in [0.25, 0.3) is 0 Å². The Morgan fingerprint density at radius 3 is 2.67 bits per heavy atom. The van der Waals surface area contributed by atoms with Gasteiger partial charge in [0.2, 0.25) is 0 Å². The maximum absolute atomic E-state index is 6.04. The van der Waals surface area contributed by atoms with Gasteiger partial charge in [-0.25, -0.2) is 9.97 Å². The molecule has 2 rings (SSSR count). The summed E-state index contributed by atoms with van der Waals surface area (Å²) in [5, 5.41) is 4.42. The van der Waals surface area contributed by atoms with Crippen molar-refractivity contribution in [1.29, 1.82) is 0 Å². The van der Waals surface area contributed by atoms with Crippen LogP contribution in [0.15, 0.2) is 12.4 Å². The smallest absolute Gasteiger partial charge is 0.138 e. The Kier molecular flexibility index (Phi) is 4.30. The Morgan fingerprint density at radius 1 is 1.33 bits per heavy atom. The van der Waals surface area contributed by atoms with Crippen LogP contribution in [0.3, 0.4) is 0 Å². The van der Waals surface area contributed by atoms with Crippen LogP contribution in [-0.2, 0) is 0 Å². The van der Waals surface area contributed by atoms with E-state index in [0.29, 0.717) is 11.8 Å². The predicted molar refractivity (Wildman–Crippen MR) is 80.2 cm³/mol. The number of hydrogen-bond acceptors (Lipinski definition) is 4. The predicted octanol–water partition coefficient (Wildman–Crippen LogP) is 4.04. The third-order valence-electron chi connectivity index (χ3n) is 3.02. The van der Waals surface area contributed by atoms with Crippen molar-refractivity contribution < 1.29 is 0 Å². The molecule has 18 heavy (non-hydrogen) atoms. The van der Waals surface area contributed by atoms with Gasteiger partial charge in [0, 0.05) is 16.6 Å². The first-order chi connectivity index (χ1) is 8.64. The number of nitrogens with one attached hydrogen (secondary N) is 1. The van der Waals surface area contributed by atoms with E-state index in [4.69, 9.17) is 23.2 Å². The van der Waals surface area contributed by atoms with E-state index in [0.717, 1.165) is 22.5 Å². The van der Waals surface area contributed by atoms with Crippen molar-refractivity contribution in [1.82, 2.24) is 9.97 Å². The van der Waals surface area contributed by atoms with E-state index in [9.17, 15) is 0 Å². The summed E-state index contributed by atoms with van der Waals surface area (Å²) in [7, 11) is 0. The summed E-state index contributed by atoms with van der Waals surface area (Å²) in [6.07, 6.45) is 2.41. The molecule has 2 aromatic heterocycles. The highest BCUT2D eigenvalue weighted by Gasteiger charge is 2.27. The topological polar surface area (TPSA) is 37.8 Å². The summed E-state index contributed by atoms with van der Waals surface area (Å²) in [6, 6.07) is 2.09. The molecule has 0 aromatic carbocycles. The summed E-state index contributed by atoms with van der Waals surface area (Å²) in [5.41, 5.74) is -0.319. The Balaban J connectivity index is 2.42. The average Bonchev–Trinajstić information content (AvgIpc) is 2.77. The second-order valence-electron chi connectivity index (χ2n) is 4.32. The lowest BCUT2D eigenvalue weighted by molar-refractivity contribution is 0.558. The maximum atomic E-state index is 6.04. The van der Waals surface area contributed by atoms with Crippen molar-refractivity contribution in [3.05, 3.63) is 17.3 Å². The van der Waals surface area contributed by atoms with Crippen LogP contribution in [0.2, 0.25) is 0 Å². The van der Waals surface area contributed by atoms with Gasteiger partial charge in [-0.3, -0.25) is 0 Å². The highest BCUT2D eigenvalue weighted by Crippen LogP contribution is 2.30. The maximum Gasteiger partial charge on any atom is 0.138 e. The molecule has 0 spiro atoms. The highest BCUT2D eigenvalue weighted by atomic mass is 35.5. The molecule has 0 saturated carbocycles. The van der Waals surface area contributed by atoms with Gasteiger partial charge in [-0.1, -0.05) is 6.92 Å². The van der Waals surface area contributed by atoms with Crippen LogP contribution in [-0.4, -0.2) is 27.3 Å². The first-order valence-corrected chi connectivity index (χ1v) is 7.64. The van der Waals surface area contributed by atoms with Crippen LogP contribution < -0.4 is 5.32 Å². The molecule has 0 fully saturated rings. The van der Waals surface area contributed by atoms with Crippen molar-refractivity contribution in [2.24, 2.45) is 0 Å². The number of fused-ring (bicyclic) bond motifs is 1. The fraction of sp³-hybridized carbons (Fsp3) is 0.500. The molecule has 1 N–H and O–H groups in total. The molecule has 3 nitrogen and oxygen atoms in total. The molecule has 98 valence electrons. The van der Waals surface area contributed by atoms with Crippen molar-refractivity contribution in [2.75, 3.05) is 17.1 Å². The fourth-order valence-corrected chi connectivity index (χ4v) is 3.35. The van der Waals surface area contributed by atoms with Crippen LogP contribution >= 0.6 is 34.5 Å². The van der Waals surface area contributed by atoms with Crippen LogP contribution in [0, 0.1) is 6.92 Å². The lowest BCUT2D eigenvalue weighted by Gasteiger charge is -2.30. The van der Waals surface area contributed by atoms with Gasteiger partial charge >= 0.3 is 0 Å². The first kappa shape index (κ1) is 13.8. The van der Waals surface area contributed by atoms with Crippen molar-refractivity contribution >= 4 is 50.6 Å². The number of nitrogens with zero attached hydrogens (tertiary/aromatic N) is 2. The average molecular weight is 304 g/mol. The summed E-state index contributed by atoms with van der Waals surface area (Å²) in [6.45, 7) is 4.13. The Bertz CT molecular complexity index is 529. The van der Waals surface area contributed by atoms with E-state index < -0.39 is 0 Å². The normalized spacial score (nSPS) is 12.0. The number of anilines is 1. The third kappa shape index (κ3) is 2.56. The zero-order valence-corrected chi connectivity index (χ0v) is 12.7. The van der Waals surface area contributed by atoms with E-state index in [-0.39, 0.29) is 5.54 Å². The Morgan fingerprint density at radius 2 is 2.06 bits per heavy atom. The molecule has 0 atom stereocenters. The molecule has 0 unspecified atom stereocenters. The van der Waals surface area contributed by atoms with Gasteiger partial charge in [-0.2, -0.15) is 0 Å². The molecular formula is C12H15Cl2N3S. The summed E-state index contributed by atoms with van der Waals surface area (Å²) >= 11 is 13.7. The molecular weight excluding hydrogens is 289 g/mol. The number of rotatable bonds is 5. The first-order valence-electron chi connectivity index (χ1n) is 5.75. The monoisotopic (exact) mass is 303 g/mol. The van der Waals surface area contributed by atoms with Crippen LogP contribution in [0.4, 0.5) is 5.82 Å². The number of alkyl halides is 2. The van der Waals surface area contributed by atoms with Gasteiger partial charge in [0.15, 0.2) is 0 Å². The van der Waals surface area contributed by atoms with Crippen LogP contribution in [0.1, 0.15) is 18.2 Å². The third-order valence-corrected chi connectivity index (χ3v) is 5.01. The zero-order valence-electron chi connectivity index (χ0n) is 10.3.